The van der Waals surface area contributed by atoms with Crippen LogP contribution < -0.4 is 0 Å². The van der Waals surface area contributed by atoms with Crippen molar-refractivity contribution in [2.24, 2.45) is 0 Å². The largest absolute Gasteiger partial charge is 0.456 e. The molecular formula is C46H27N3OS. The maximum Gasteiger partial charge on any atom is 0.161 e. The third-order valence-electron chi connectivity index (χ3n) is 10.0. The van der Waals surface area contributed by atoms with E-state index < -0.39 is 0 Å². The van der Waals surface area contributed by atoms with Crippen LogP contribution in [0.3, 0.4) is 0 Å². The molecule has 7 aromatic carbocycles. The van der Waals surface area contributed by atoms with Crippen molar-refractivity contribution in [3.63, 3.8) is 0 Å². The molecular weight excluding hydrogens is 643 g/mol. The first kappa shape index (κ1) is 28.3. The minimum Gasteiger partial charge on any atom is -0.456 e. The normalized spacial score (nSPS) is 11.9. The molecule has 0 bridgehead atoms. The third-order valence-corrected chi connectivity index (χ3v) is 11.3. The number of benzene rings is 7. The maximum absolute atomic E-state index is 6.29. The molecule has 0 saturated heterocycles. The second kappa shape index (κ2) is 11.0. The lowest BCUT2D eigenvalue weighted by Gasteiger charge is -2.10. The molecule has 11 rings (SSSR count). The average molecular weight is 670 g/mol. The van der Waals surface area contributed by atoms with Crippen LogP contribution in [0, 0.1) is 0 Å². The van der Waals surface area contributed by atoms with Gasteiger partial charge in [0.1, 0.15) is 11.2 Å². The van der Waals surface area contributed by atoms with E-state index >= 15 is 0 Å². The molecule has 4 aromatic heterocycles. The Labute approximate surface area is 296 Å². The summed E-state index contributed by atoms with van der Waals surface area (Å²) in [7, 11) is 0. The summed E-state index contributed by atoms with van der Waals surface area (Å²) in [4.78, 5) is 10.5. The molecule has 0 amide bonds. The molecule has 238 valence electrons. The maximum atomic E-state index is 6.29. The molecule has 0 aliphatic heterocycles. The number of hydrogen-bond donors (Lipinski definition) is 0. The van der Waals surface area contributed by atoms with Crippen LogP contribution in [0.25, 0.3) is 104 Å². The van der Waals surface area contributed by atoms with Crippen molar-refractivity contribution in [3.05, 3.63) is 164 Å². The minimum atomic E-state index is 0.702. The lowest BCUT2D eigenvalue weighted by atomic mass is 10.0. The molecule has 0 aliphatic carbocycles. The first-order valence-corrected chi connectivity index (χ1v) is 17.9. The monoisotopic (exact) mass is 669 g/mol. The Kier molecular flexibility index (Phi) is 6.09. The fourth-order valence-electron chi connectivity index (χ4n) is 7.68. The van der Waals surface area contributed by atoms with Gasteiger partial charge >= 0.3 is 0 Å². The predicted molar refractivity (Wildman–Crippen MR) is 213 cm³/mol. The van der Waals surface area contributed by atoms with Gasteiger partial charge in [-0.2, -0.15) is 0 Å². The first-order chi connectivity index (χ1) is 25.3. The summed E-state index contributed by atoms with van der Waals surface area (Å²) in [5, 5.41) is 7.16. The van der Waals surface area contributed by atoms with Gasteiger partial charge in [-0.3, -0.25) is 0 Å². The highest BCUT2D eigenvalue weighted by Crippen LogP contribution is 2.45. The molecule has 0 radical (unpaired) electrons. The fraction of sp³-hybridized carbons (Fsp3) is 0. The number of hydrogen-bond acceptors (Lipinski definition) is 4. The van der Waals surface area contributed by atoms with Crippen LogP contribution in [0.15, 0.2) is 168 Å². The standard InChI is InChI=1S/C46H27N3OS/c1-3-12-28(13-4-1)38-27-39(29-22-23-33-32-17-8-10-21-41(32)50-42(33)26-29)48-46(47-38)37-19-11-18-35-36-25-24-34-31-16-7-9-20-40(31)49(30-14-5-2-6-15-30)43(34)45(36)51-44(35)37/h1-27H. The number of furan rings is 1. The third kappa shape index (κ3) is 4.32. The zero-order valence-corrected chi connectivity index (χ0v) is 28.1. The van der Waals surface area contributed by atoms with E-state index in [4.69, 9.17) is 14.4 Å². The summed E-state index contributed by atoms with van der Waals surface area (Å²) >= 11 is 1.83. The number of nitrogens with zero attached hydrogens (tertiary/aromatic N) is 3. The fourth-order valence-corrected chi connectivity index (χ4v) is 9.03. The predicted octanol–water partition coefficient (Wildman–Crippen LogP) is 12.8. The first-order valence-electron chi connectivity index (χ1n) is 17.1. The van der Waals surface area contributed by atoms with Gasteiger partial charge in [0, 0.05) is 59.4 Å². The van der Waals surface area contributed by atoms with Gasteiger partial charge in [-0.15, -0.1) is 11.3 Å². The summed E-state index contributed by atoms with van der Waals surface area (Å²) in [6.45, 7) is 0. The highest BCUT2D eigenvalue weighted by Gasteiger charge is 2.20. The Morgan fingerprint density at radius 1 is 0.451 bits per heavy atom. The van der Waals surface area contributed by atoms with Gasteiger partial charge in [0.05, 0.1) is 27.1 Å². The van der Waals surface area contributed by atoms with Crippen molar-refractivity contribution in [2.45, 2.75) is 0 Å². The lowest BCUT2D eigenvalue weighted by molar-refractivity contribution is 0.669. The van der Waals surface area contributed by atoms with Crippen LogP contribution in [0.4, 0.5) is 0 Å². The van der Waals surface area contributed by atoms with Crippen LogP contribution in [-0.2, 0) is 0 Å². The molecule has 4 heterocycles. The van der Waals surface area contributed by atoms with E-state index in [9.17, 15) is 0 Å². The average Bonchev–Trinajstić information content (AvgIpc) is 3.88. The van der Waals surface area contributed by atoms with E-state index in [0.29, 0.717) is 5.82 Å². The van der Waals surface area contributed by atoms with Crippen molar-refractivity contribution < 1.29 is 4.42 Å². The molecule has 0 fully saturated rings. The Morgan fingerprint density at radius 3 is 1.96 bits per heavy atom. The summed E-state index contributed by atoms with van der Waals surface area (Å²) in [5.74, 6) is 0.702. The number of fused-ring (bicyclic) bond motifs is 10. The van der Waals surface area contributed by atoms with Crippen LogP contribution in [-0.4, -0.2) is 14.5 Å². The molecule has 0 N–H and O–H groups in total. The molecule has 0 saturated carbocycles. The van der Waals surface area contributed by atoms with Gasteiger partial charge in [-0.25, -0.2) is 9.97 Å². The van der Waals surface area contributed by atoms with Gasteiger partial charge in [0.25, 0.3) is 0 Å². The molecule has 4 nitrogen and oxygen atoms in total. The Balaban J connectivity index is 1.17. The van der Waals surface area contributed by atoms with E-state index in [1.807, 2.05) is 29.5 Å². The molecule has 51 heavy (non-hydrogen) atoms. The lowest BCUT2D eigenvalue weighted by Crippen LogP contribution is -1.96. The van der Waals surface area contributed by atoms with Crippen molar-refractivity contribution in [2.75, 3.05) is 0 Å². The second-order valence-electron chi connectivity index (χ2n) is 12.9. The summed E-state index contributed by atoms with van der Waals surface area (Å²) in [5.41, 5.74) is 10.1. The second-order valence-corrected chi connectivity index (χ2v) is 14.0. The van der Waals surface area contributed by atoms with Crippen molar-refractivity contribution >= 4 is 75.3 Å². The van der Waals surface area contributed by atoms with Gasteiger partial charge < -0.3 is 8.98 Å². The van der Waals surface area contributed by atoms with Gasteiger partial charge in [0.2, 0.25) is 0 Å². The smallest absolute Gasteiger partial charge is 0.161 e. The van der Waals surface area contributed by atoms with Crippen LogP contribution in [0.1, 0.15) is 0 Å². The number of thiophene rings is 1. The van der Waals surface area contributed by atoms with Crippen molar-refractivity contribution in [1.29, 1.82) is 0 Å². The topological polar surface area (TPSA) is 43.9 Å². The highest BCUT2D eigenvalue weighted by atomic mass is 32.1. The van der Waals surface area contributed by atoms with Crippen LogP contribution in [0.2, 0.25) is 0 Å². The molecule has 0 aliphatic rings. The molecule has 0 atom stereocenters. The Bertz CT molecular complexity index is 3140. The molecule has 11 aromatic rings. The quantitative estimate of drug-likeness (QED) is 0.187. The van der Waals surface area contributed by atoms with Gasteiger partial charge in [-0.05, 0) is 48.5 Å². The zero-order chi connectivity index (χ0) is 33.5. The number of aromatic nitrogens is 3. The highest BCUT2D eigenvalue weighted by molar-refractivity contribution is 7.27. The van der Waals surface area contributed by atoms with E-state index in [2.05, 4.69) is 150 Å². The molecule has 0 unspecified atom stereocenters. The Morgan fingerprint density at radius 2 is 1.10 bits per heavy atom. The summed E-state index contributed by atoms with van der Waals surface area (Å²) in [6, 6.07) is 57.5. The van der Waals surface area contributed by atoms with Gasteiger partial charge in [0.15, 0.2) is 5.82 Å². The summed E-state index contributed by atoms with van der Waals surface area (Å²) < 4.78 is 11.1. The zero-order valence-electron chi connectivity index (χ0n) is 27.2. The minimum absolute atomic E-state index is 0.702. The van der Waals surface area contributed by atoms with E-state index in [-0.39, 0.29) is 0 Å². The number of rotatable bonds is 4. The van der Waals surface area contributed by atoms with Crippen LogP contribution >= 0.6 is 11.3 Å². The van der Waals surface area contributed by atoms with Gasteiger partial charge in [-0.1, -0.05) is 115 Å². The van der Waals surface area contributed by atoms with E-state index in [0.717, 1.165) is 55.7 Å². The molecule has 5 heteroatoms. The van der Waals surface area contributed by atoms with Crippen molar-refractivity contribution in [1.82, 2.24) is 14.5 Å². The SMILES string of the molecule is c1ccc(-c2cc(-c3ccc4c(c3)oc3ccccc34)nc(-c3cccc4c3sc3c4ccc4c5ccccc5n(-c5ccccc5)c43)n2)cc1. The van der Waals surface area contributed by atoms with Crippen molar-refractivity contribution in [3.8, 4) is 39.6 Å². The Hall–Kier alpha value is -6.56. The van der Waals surface area contributed by atoms with Crippen LogP contribution in [0.5, 0.6) is 0 Å². The van der Waals surface area contributed by atoms with E-state index in [1.54, 1.807) is 0 Å². The number of para-hydroxylation sites is 3. The van der Waals surface area contributed by atoms with E-state index in [1.165, 1.54) is 42.0 Å². The summed E-state index contributed by atoms with van der Waals surface area (Å²) in [6.07, 6.45) is 0. The molecule has 0 spiro atoms.